The van der Waals surface area contributed by atoms with Gasteiger partial charge in [-0.25, -0.2) is 0 Å². The van der Waals surface area contributed by atoms with Crippen LogP contribution >= 0.6 is 0 Å². The van der Waals surface area contributed by atoms with Crippen molar-refractivity contribution >= 4 is 0 Å². The fourth-order valence-electron chi connectivity index (χ4n) is 5.34. The van der Waals surface area contributed by atoms with Gasteiger partial charge in [0, 0.05) is 0 Å². The Morgan fingerprint density at radius 2 is 1.87 bits per heavy atom. The summed E-state index contributed by atoms with van der Waals surface area (Å²) in [5.41, 5.74) is 3.36. The lowest BCUT2D eigenvalue weighted by Crippen LogP contribution is -2.55. The summed E-state index contributed by atoms with van der Waals surface area (Å²) in [5, 5.41) is 0. The van der Waals surface area contributed by atoms with Crippen LogP contribution in [-0.2, 0) is 0 Å². The molecule has 0 nitrogen and oxygen atoms in total. The van der Waals surface area contributed by atoms with Gasteiger partial charge in [0.25, 0.3) is 0 Å². The quantitative estimate of drug-likeness (QED) is 0.507. The van der Waals surface area contributed by atoms with E-state index in [2.05, 4.69) is 33.8 Å². The van der Waals surface area contributed by atoms with E-state index in [4.69, 9.17) is 0 Å². The van der Waals surface area contributed by atoms with Crippen molar-refractivity contribution in [2.75, 3.05) is 0 Å². The highest BCUT2D eigenvalue weighted by molar-refractivity contribution is 5.31. The molecule has 0 unspecified atom stereocenters. The zero-order valence-electron chi connectivity index (χ0n) is 10.7. The third-order valence-electron chi connectivity index (χ3n) is 6.59. The smallest absolute Gasteiger partial charge is 0.00619 e. The number of hydrogen-bond acceptors (Lipinski definition) is 0. The van der Waals surface area contributed by atoms with Crippen molar-refractivity contribution in [1.82, 2.24) is 0 Å². The maximum absolute atomic E-state index is 2.63. The predicted octanol–water partition coefficient (Wildman–Crippen LogP) is 4.56. The fraction of sp³-hybridized carbons (Fsp3) is 0.867. The van der Waals surface area contributed by atoms with Crippen LogP contribution in [0.4, 0.5) is 0 Å². The van der Waals surface area contributed by atoms with Crippen LogP contribution in [0.25, 0.3) is 0 Å². The molecule has 0 heteroatoms. The summed E-state index contributed by atoms with van der Waals surface area (Å²) >= 11 is 0. The van der Waals surface area contributed by atoms with E-state index in [1.165, 1.54) is 32.1 Å². The van der Waals surface area contributed by atoms with Crippen molar-refractivity contribution in [3.05, 3.63) is 11.6 Å². The first kappa shape index (κ1) is 9.93. The van der Waals surface area contributed by atoms with Crippen LogP contribution in [0.5, 0.6) is 0 Å². The van der Waals surface area contributed by atoms with Gasteiger partial charge in [-0.2, -0.15) is 0 Å². The number of allylic oxidation sites excluding steroid dienone is 2. The number of rotatable bonds is 0. The lowest BCUT2D eigenvalue weighted by atomic mass is 9.41. The molecule has 4 atom stereocenters. The van der Waals surface area contributed by atoms with Gasteiger partial charge in [0.15, 0.2) is 0 Å². The molecule has 0 saturated heterocycles. The Labute approximate surface area is 94.1 Å². The highest BCUT2D eigenvalue weighted by Gasteiger charge is 2.63. The average Bonchev–Trinajstić information content (AvgIpc) is 2.56. The molecule has 2 bridgehead atoms. The van der Waals surface area contributed by atoms with E-state index in [1.54, 1.807) is 5.57 Å². The molecular weight excluding hydrogens is 180 g/mol. The molecule has 2 fully saturated rings. The van der Waals surface area contributed by atoms with E-state index in [9.17, 15) is 0 Å². The maximum atomic E-state index is 2.63. The second-order valence-electron chi connectivity index (χ2n) is 7.03. The molecule has 84 valence electrons. The highest BCUT2D eigenvalue weighted by Crippen LogP contribution is 2.72. The van der Waals surface area contributed by atoms with Crippen LogP contribution in [0.15, 0.2) is 11.6 Å². The van der Waals surface area contributed by atoms with Gasteiger partial charge in [0.05, 0.1) is 0 Å². The van der Waals surface area contributed by atoms with Crippen molar-refractivity contribution in [3.63, 3.8) is 0 Å². The molecule has 4 aliphatic carbocycles. The Bertz CT molecular complexity index is 340. The van der Waals surface area contributed by atoms with Gasteiger partial charge in [-0.05, 0) is 54.8 Å². The molecule has 0 radical (unpaired) electrons. The first-order valence-corrected chi connectivity index (χ1v) is 6.62. The fourth-order valence-corrected chi connectivity index (χ4v) is 5.34. The van der Waals surface area contributed by atoms with Gasteiger partial charge in [-0.15, -0.1) is 0 Å². The Morgan fingerprint density at radius 3 is 2.53 bits per heavy atom. The van der Waals surface area contributed by atoms with Crippen molar-refractivity contribution in [2.45, 2.75) is 59.8 Å². The lowest BCUT2D eigenvalue weighted by molar-refractivity contribution is -0.0704. The molecule has 0 aromatic heterocycles. The van der Waals surface area contributed by atoms with Gasteiger partial charge < -0.3 is 0 Å². The molecular formula is C15H24. The van der Waals surface area contributed by atoms with E-state index in [0.717, 1.165) is 5.92 Å². The van der Waals surface area contributed by atoms with Crippen molar-refractivity contribution in [2.24, 2.45) is 22.2 Å². The summed E-state index contributed by atoms with van der Waals surface area (Å²) < 4.78 is 0. The van der Waals surface area contributed by atoms with Gasteiger partial charge in [-0.3, -0.25) is 0 Å². The minimum atomic E-state index is 0.520. The third-order valence-corrected chi connectivity index (χ3v) is 6.59. The molecule has 0 aromatic carbocycles. The summed E-state index contributed by atoms with van der Waals surface area (Å²) in [6.07, 6.45) is 9.91. The molecule has 15 heavy (non-hydrogen) atoms. The standard InChI is InChI=1S/C15H24/c1-11-10-13(2)8-9-14(11,3)15(4)7-5-6-12(13)15/h10,12H,5-9H2,1-4H3/t12-,13+,14-,15-/m1/s1. The zero-order chi connectivity index (χ0) is 10.9. The minimum absolute atomic E-state index is 0.520. The molecule has 0 aliphatic heterocycles. The normalized spacial score (nSPS) is 57.9. The Kier molecular flexibility index (Phi) is 1.67. The van der Waals surface area contributed by atoms with Crippen LogP contribution in [0.2, 0.25) is 0 Å². The number of hydrogen-bond donors (Lipinski definition) is 0. The van der Waals surface area contributed by atoms with Gasteiger partial charge in [0.1, 0.15) is 0 Å². The second-order valence-corrected chi connectivity index (χ2v) is 7.03. The van der Waals surface area contributed by atoms with E-state index in [0.29, 0.717) is 16.2 Å². The van der Waals surface area contributed by atoms with Crippen molar-refractivity contribution in [3.8, 4) is 0 Å². The molecule has 0 aromatic rings. The molecule has 0 amide bonds. The first-order valence-electron chi connectivity index (χ1n) is 6.62. The minimum Gasteiger partial charge on any atom is -0.0788 e. The number of fused-ring (bicyclic) bond motifs is 1. The van der Waals surface area contributed by atoms with Crippen LogP contribution in [-0.4, -0.2) is 0 Å². The maximum Gasteiger partial charge on any atom is -0.00619 e. The summed E-state index contributed by atoms with van der Waals surface area (Å²) in [7, 11) is 0. The molecule has 0 heterocycles. The van der Waals surface area contributed by atoms with Crippen LogP contribution in [0, 0.1) is 22.2 Å². The van der Waals surface area contributed by atoms with Crippen LogP contribution in [0.3, 0.4) is 0 Å². The van der Waals surface area contributed by atoms with E-state index < -0.39 is 0 Å². The SMILES string of the molecule is CC1=C[C@]2(C)CC[C@@]1(C)[C@]1(C)CCC[C@H]21. The average molecular weight is 204 g/mol. The molecule has 2 saturated carbocycles. The first-order chi connectivity index (χ1) is 6.92. The summed E-state index contributed by atoms with van der Waals surface area (Å²) in [5.74, 6) is 0.965. The molecule has 0 spiro atoms. The summed E-state index contributed by atoms with van der Waals surface area (Å²) in [6.45, 7) is 10.0. The highest BCUT2D eigenvalue weighted by atomic mass is 14.7. The van der Waals surface area contributed by atoms with Crippen LogP contribution < -0.4 is 0 Å². The van der Waals surface area contributed by atoms with E-state index in [1.807, 2.05) is 0 Å². The molecule has 4 rings (SSSR count). The van der Waals surface area contributed by atoms with Crippen LogP contribution in [0.1, 0.15) is 59.8 Å². The molecule has 0 N–H and O–H groups in total. The van der Waals surface area contributed by atoms with Gasteiger partial charge in [0.2, 0.25) is 0 Å². The van der Waals surface area contributed by atoms with Gasteiger partial charge in [-0.1, -0.05) is 38.8 Å². The van der Waals surface area contributed by atoms with Crippen molar-refractivity contribution < 1.29 is 0 Å². The Hall–Kier alpha value is -0.260. The third kappa shape index (κ3) is 0.905. The largest absolute Gasteiger partial charge is 0.0788 e. The second kappa shape index (κ2) is 2.52. The monoisotopic (exact) mass is 204 g/mol. The topological polar surface area (TPSA) is 0 Å². The Morgan fingerprint density at radius 1 is 1.13 bits per heavy atom. The summed E-state index contributed by atoms with van der Waals surface area (Å²) in [6, 6.07) is 0. The Balaban J connectivity index is 2.21. The lowest BCUT2D eigenvalue weighted by Gasteiger charge is -2.63. The predicted molar refractivity (Wildman–Crippen MR) is 64.7 cm³/mol. The van der Waals surface area contributed by atoms with E-state index >= 15 is 0 Å². The molecule has 4 aliphatic rings. The summed E-state index contributed by atoms with van der Waals surface area (Å²) in [4.78, 5) is 0. The van der Waals surface area contributed by atoms with Gasteiger partial charge >= 0.3 is 0 Å². The zero-order valence-corrected chi connectivity index (χ0v) is 10.7. The van der Waals surface area contributed by atoms with Crippen molar-refractivity contribution in [1.29, 1.82) is 0 Å². The van der Waals surface area contributed by atoms with E-state index in [-0.39, 0.29) is 0 Å².